The van der Waals surface area contributed by atoms with Gasteiger partial charge in [-0.25, -0.2) is 9.48 Å². The second kappa shape index (κ2) is 6.44. The lowest BCUT2D eigenvalue weighted by molar-refractivity contribution is 0.0603. The summed E-state index contributed by atoms with van der Waals surface area (Å²) in [6.45, 7) is 0.355. The maximum atomic E-state index is 12.7. The average molecular weight is 349 g/mol. The fraction of sp³-hybridized carbons (Fsp3) is 0.158. The lowest BCUT2D eigenvalue weighted by Crippen LogP contribution is -2.24. The predicted molar refractivity (Wildman–Crippen MR) is 95.1 cm³/mol. The van der Waals surface area contributed by atoms with Crippen molar-refractivity contribution < 1.29 is 14.1 Å². The number of ether oxygens (including phenoxy) is 1. The van der Waals surface area contributed by atoms with E-state index in [0.717, 1.165) is 11.1 Å². The number of hydrogen-bond acceptors (Lipinski definition) is 6. The number of rotatable bonds is 4. The van der Waals surface area contributed by atoms with Gasteiger partial charge in [0.2, 0.25) is 0 Å². The molecule has 0 aliphatic heterocycles. The first-order valence-electron chi connectivity index (χ1n) is 8.09. The quantitative estimate of drug-likeness (QED) is 0.526. The van der Waals surface area contributed by atoms with Crippen molar-refractivity contribution >= 4 is 27.7 Å². The third-order valence-electron chi connectivity index (χ3n) is 4.32. The number of aromatic nitrogens is 3. The molecule has 0 saturated heterocycles. The van der Waals surface area contributed by atoms with Gasteiger partial charge < -0.3 is 9.26 Å². The fourth-order valence-electron chi connectivity index (χ4n) is 2.99. The summed E-state index contributed by atoms with van der Waals surface area (Å²) in [6.07, 6.45) is 2.02. The molecule has 0 amide bonds. The van der Waals surface area contributed by atoms with Gasteiger partial charge in [-0.15, -0.1) is 0 Å². The summed E-state index contributed by atoms with van der Waals surface area (Å²) in [5.41, 5.74) is 1.55. The largest absolute Gasteiger partial charge is 0.465 e. The minimum atomic E-state index is -0.497. The van der Waals surface area contributed by atoms with Crippen LogP contribution >= 0.6 is 0 Å². The minimum absolute atomic E-state index is 0.263. The van der Waals surface area contributed by atoms with Gasteiger partial charge in [-0.1, -0.05) is 23.4 Å². The Bertz CT molecular complexity index is 1180. The van der Waals surface area contributed by atoms with Crippen molar-refractivity contribution in [1.29, 1.82) is 0 Å². The maximum absolute atomic E-state index is 12.7. The van der Waals surface area contributed by atoms with E-state index in [1.165, 1.54) is 18.0 Å². The van der Waals surface area contributed by atoms with Crippen LogP contribution in [0.4, 0.5) is 0 Å². The molecule has 0 saturated carbocycles. The van der Waals surface area contributed by atoms with Gasteiger partial charge in [0.25, 0.3) is 5.56 Å². The smallest absolute Gasteiger partial charge is 0.338 e. The van der Waals surface area contributed by atoms with Crippen molar-refractivity contribution in [1.82, 2.24) is 14.9 Å². The van der Waals surface area contributed by atoms with E-state index in [1.807, 2.05) is 24.3 Å². The van der Waals surface area contributed by atoms with Crippen LogP contribution in [0.2, 0.25) is 0 Å². The molecular formula is C19H15N3O4. The van der Waals surface area contributed by atoms with Crippen molar-refractivity contribution in [3.05, 3.63) is 70.3 Å². The number of para-hydroxylation sites is 1. The Hall–Kier alpha value is -3.48. The van der Waals surface area contributed by atoms with Crippen LogP contribution in [0.5, 0.6) is 0 Å². The molecule has 4 aromatic rings. The molecule has 0 spiro atoms. The van der Waals surface area contributed by atoms with E-state index in [0.29, 0.717) is 34.9 Å². The van der Waals surface area contributed by atoms with Crippen molar-refractivity contribution in [3.63, 3.8) is 0 Å². The van der Waals surface area contributed by atoms with Crippen molar-refractivity contribution in [2.24, 2.45) is 0 Å². The van der Waals surface area contributed by atoms with Gasteiger partial charge in [0.05, 0.1) is 36.5 Å². The highest BCUT2D eigenvalue weighted by atomic mass is 16.5. The highest BCUT2D eigenvalue weighted by Gasteiger charge is 2.14. The van der Waals surface area contributed by atoms with Gasteiger partial charge in [-0.3, -0.25) is 4.79 Å². The van der Waals surface area contributed by atoms with Crippen LogP contribution in [0.15, 0.2) is 58.0 Å². The number of carbonyl (C=O) groups is 1. The van der Waals surface area contributed by atoms with E-state index in [1.54, 1.807) is 18.2 Å². The molecule has 2 aromatic carbocycles. The molecule has 7 heteroatoms. The van der Waals surface area contributed by atoms with Crippen molar-refractivity contribution in [3.8, 4) is 0 Å². The lowest BCUT2D eigenvalue weighted by Gasteiger charge is -2.07. The standard InChI is InChI=1S/C19H15N3O4/c1-25-19(24)13-7-4-6-12-15(13)11-20-22(18(12)23)10-9-16-14-5-2-3-8-17(14)26-21-16/h2-8,11H,9-10H2,1H3. The number of benzene rings is 2. The Kier molecular flexibility index (Phi) is 3.96. The lowest BCUT2D eigenvalue weighted by atomic mass is 10.1. The van der Waals surface area contributed by atoms with Crippen LogP contribution in [0.1, 0.15) is 16.1 Å². The van der Waals surface area contributed by atoms with Gasteiger partial charge >= 0.3 is 5.97 Å². The van der Waals surface area contributed by atoms with E-state index in [9.17, 15) is 9.59 Å². The van der Waals surface area contributed by atoms with Crippen LogP contribution in [0, 0.1) is 0 Å². The van der Waals surface area contributed by atoms with Crippen LogP contribution in [0.25, 0.3) is 21.7 Å². The summed E-state index contributed by atoms with van der Waals surface area (Å²) in [7, 11) is 1.30. The van der Waals surface area contributed by atoms with Crippen LogP contribution in [-0.2, 0) is 17.7 Å². The van der Waals surface area contributed by atoms with Gasteiger partial charge in [0.15, 0.2) is 5.58 Å². The fourth-order valence-corrected chi connectivity index (χ4v) is 2.99. The molecule has 0 atom stereocenters. The van der Waals surface area contributed by atoms with Crippen LogP contribution < -0.4 is 5.56 Å². The van der Waals surface area contributed by atoms with E-state index < -0.39 is 5.97 Å². The van der Waals surface area contributed by atoms with Crippen LogP contribution in [0.3, 0.4) is 0 Å². The molecule has 2 aromatic heterocycles. The molecule has 0 bridgehead atoms. The van der Waals surface area contributed by atoms with Crippen LogP contribution in [-0.4, -0.2) is 28.0 Å². The Morgan fingerprint density at radius 1 is 1.12 bits per heavy atom. The summed E-state index contributed by atoms with van der Waals surface area (Å²) in [5, 5.41) is 10.1. The normalized spacial score (nSPS) is 11.1. The topological polar surface area (TPSA) is 87.2 Å². The third-order valence-corrected chi connectivity index (χ3v) is 4.32. The zero-order valence-electron chi connectivity index (χ0n) is 14.0. The first-order chi connectivity index (χ1) is 12.7. The van der Waals surface area contributed by atoms with Crippen molar-refractivity contribution in [2.75, 3.05) is 7.11 Å². The maximum Gasteiger partial charge on any atom is 0.338 e. The second-order valence-corrected chi connectivity index (χ2v) is 5.81. The number of nitrogens with zero attached hydrogens (tertiary/aromatic N) is 3. The average Bonchev–Trinajstić information content (AvgIpc) is 3.10. The Labute approximate surface area is 147 Å². The van der Waals surface area contributed by atoms with E-state index in [-0.39, 0.29) is 5.56 Å². The zero-order chi connectivity index (χ0) is 18.1. The van der Waals surface area contributed by atoms with E-state index >= 15 is 0 Å². The summed E-state index contributed by atoms with van der Waals surface area (Å²) in [4.78, 5) is 24.6. The molecule has 0 aliphatic carbocycles. The molecule has 0 aliphatic rings. The summed E-state index contributed by atoms with van der Waals surface area (Å²) in [6, 6.07) is 12.5. The first kappa shape index (κ1) is 16.0. The molecule has 0 N–H and O–H groups in total. The SMILES string of the molecule is COC(=O)c1cccc2c(=O)n(CCc3noc4ccccc34)ncc12. The molecule has 26 heavy (non-hydrogen) atoms. The highest BCUT2D eigenvalue weighted by Crippen LogP contribution is 2.19. The number of hydrogen-bond donors (Lipinski definition) is 0. The van der Waals surface area contributed by atoms with E-state index in [4.69, 9.17) is 9.26 Å². The number of aryl methyl sites for hydroxylation is 2. The summed E-state index contributed by atoms with van der Waals surface area (Å²) >= 11 is 0. The predicted octanol–water partition coefficient (Wildman–Crippen LogP) is 2.57. The molecule has 0 fully saturated rings. The molecular weight excluding hydrogens is 334 g/mol. The molecule has 2 heterocycles. The monoisotopic (exact) mass is 349 g/mol. The minimum Gasteiger partial charge on any atom is -0.465 e. The molecule has 4 rings (SSSR count). The molecule has 0 unspecified atom stereocenters. The number of fused-ring (bicyclic) bond motifs is 2. The molecule has 130 valence electrons. The Balaban J connectivity index is 1.68. The van der Waals surface area contributed by atoms with Gasteiger partial charge in [0.1, 0.15) is 0 Å². The zero-order valence-corrected chi connectivity index (χ0v) is 14.0. The highest BCUT2D eigenvalue weighted by molar-refractivity contribution is 6.03. The second-order valence-electron chi connectivity index (χ2n) is 5.81. The first-order valence-corrected chi connectivity index (χ1v) is 8.09. The number of carbonyl (C=O) groups excluding carboxylic acids is 1. The third kappa shape index (κ3) is 2.63. The van der Waals surface area contributed by atoms with Gasteiger partial charge in [-0.05, 0) is 24.3 Å². The number of methoxy groups -OCH3 is 1. The van der Waals surface area contributed by atoms with Crippen molar-refractivity contribution in [2.45, 2.75) is 13.0 Å². The van der Waals surface area contributed by atoms with E-state index in [2.05, 4.69) is 10.3 Å². The Morgan fingerprint density at radius 2 is 1.92 bits per heavy atom. The molecule has 0 radical (unpaired) electrons. The summed E-state index contributed by atoms with van der Waals surface area (Å²) in [5.74, 6) is -0.497. The summed E-state index contributed by atoms with van der Waals surface area (Å²) < 4.78 is 11.4. The van der Waals surface area contributed by atoms with Gasteiger partial charge in [-0.2, -0.15) is 5.10 Å². The number of esters is 1. The Morgan fingerprint density at radius 3 is 2.77 bits per heavy atom. The molecule has 7 nitrogen and oxygen atoms in total. The van der Waals surface area contributed by atoms with Gasteiger partial charge in [0, 0.05) is 17.2 Å².